The van der Waals surface area contributed by atoms with Crippen LogP contribution in [0.25, 0.3) is 0 Å². The van der Waals surface area contributed by atoms with Gasteiger partial charge in [-0.05, 0) is 13.3 Å². The predicted molar refractivity (Wildman–Crippen MR) is 115 cm³/mol. The van der Waals surface area contributed by atoms with Crippen LogP contribution in [0.4, 0.5) is 0 Å². The molecule has 1 saturated heterocycles. The molecule has 0 amide bonds. The van der Waals surface area contributed by atoms with Gasteiger partial charge in [0.2, 0.25) is 0 Å². The van der Waals surface area contributed by atoms with Crippen LogP contribution in [0.15, 0.2) is 11.2 Å². The maximum Gasteiger partial charge on any atom is 0.191 e. The number of aliphatic imine (C=N–C) groups is 1. The number of aromatic nitrogens is 1. The molecule has 1 fully saturated rings. The number of hydrogen-bond donors (Lipinski definition) is 2. The Kier molecular flexibility index (Phi) is 10.2. The van der Waals surface area contributed by atoms with Crippen molar-refractivity contribution in [1.29, 1.82) is 0 Å². The summed E-state index contributed by atoms with van der Waals surface area (Å²) < 4.78 is 22.9. The average molecular weight is 501 g/mol. The van der Waals surface area contributed by atoms with E-state index >= 15 is 0 Å². The van der Waals surface area contributed by atoms with Crippen LogP contribution in [0.3, 0.4) is 0 Å². The number of guanidine groups is 1. The van der Waals surface area contributed by atoms with Crippen molar-refractivity contribution in [1.82, 2.24) is 20.5 Å². The summed E-state index contributed by atoms with van der Waals surface area (Å²) in [5.41, 5.74) is 0. The molecule has 0 saturated carbocycles. The molecule has 2 rings (SSSR count). The Morgan fingerprint density at radius 3 is 2.64 bits per heavy atom. The lowest BCUT2D eigenvalue weighted by Gasteiger charge is -2.26. The van der Waals surface area contributed by atoms with Crippen molar-refractivity contribution < 1.29 is 8.42 Å². The van der Waals surface area contributed by atoms with Crippen LogP contribution < -0.4 is 10.6 Å². The van der Waals surface area contributed by atoms with Gasteiger partial charge in [0, 0.05) is 43.8 Å². The highest BCUT2D eigenvalue weighted by Gasteiger charge is 2.20. The second kappa shape index (κ2) is 11.3. The fourth-order valence-electron chi connectivity index (χ4n) is 2.38. The van der Waals surface area contributed by atoms with E-state index in [2.05, 4.69) is 32.4 Å². The van der Waals surface area contributed by atoms with Gasteiger partial charge in [-0.15, -0.1) is 35.3 Å². The van der Waals surface area contributed by atoms with Crippen LogP contribution in [0.5, 0.6) is 0 Å². The third kappa shape index (κ3) is 8.18. The second-order valence-electron chi connectivity index (χ2n) is 5.69. The third-order valence-corrected chi connectivity index (χ3v) is 6.56. The van der Waals surface area contributed by atoms with Gasteiger partial charge >= 0.3 is 0 Å². The summed E-state index contributed by atoms with van der Waals surface area (Å²) in [6, 6.07) is 0. The zero-order chi connectivity index (χ0) is 17.4. The van der Waals surface area contributed by atoms with Gasteiger partial charge in [-0.1, -0.05) is 6.92 Å². The highest BCUT2D eigenvalue weighted by Crippen LogP contribution is 2.13. The first kappa shape index (κ1) is 22.6. The summed E-state index contributed by atoms with van der Waals surface area (Å²) in [5.74, 6) is 1.31. The average Bonchev–Trinajstić information content (AvgIpc) is 3.02. The maximum absolute atomic E-state index is 11.4. The number of aryl methyl sites for hydroxylation is 1. The predicted octanol–water partition coefficient (Wildman–Crippen LogP) is 1.11. The first-order valence-electron chi connectivity index (χ1n) is 8.41. The van der Waals surface area contributed by atoms with Gasteiger partial charge in [0.15, 0.2) is 15.8 Å². The van der Waals surface area contributed by atoms with Crippen LogP contribution in [0, 0.1) is 0 Å². The Morgan fingerprint density at radius 1 is 1.32 bits per heavy atom. The minimum Gasteiger partial charge on any atom is -0.357 e. The number of halogens is 1. The Morgan fingerprint density at radius 2 is 2.04 bits per heavy atom. The summed E-state index contributed by atoms with van der Waals surface area (Å²) >= 11 is 1.70. The van der Waals surface area contributed by atoms with Crippen molar-refractivity contribution in [3.63, 3.8) is 0 Å². The van der Waals surface area contributed by atoms with Gasteiger partial charge in [-0.2, -0.15) is 0 Å². The van der Waals surface area contributed by atoms with Crippen molar-refractivity contribution in [2.24, 2.45) is 4.99 Å². The molecular weight excluding hydrogens is 473 g/mol. The lowest BCUT2D eigenvalue weighted by atomic mass is 10.4. The molecule has 0 unspecified atom stereocenters. The van der Waals surface area contributed by atoms with E-state index in [0.29, 0.717) is 19.6 Å². The van der Waals surface area contributed by atoms with E-state index in [1.807, 2.05) is 13.1 Å². The molecule has 0 aliphatic carbocycles. The summed E-state index contributed by atoms with van der Waals surface area (Å²) in [5, 5.41) is 7.55. The lowest BCUT2D eigenvalue weighted by molar-refractivity contribution is 0.299. The van der Waals surface area contributed by atoms with E-state index in [1.165, 1.54) is 4.88 Å². The molecular formula is C15H28IN5O2S2. The van der Waals surface area contributed by atoms with Gasteiger partial charge in [0.25, 0.3) is 0 Å². The van der Waals surface area contributed by atoms with E-state index in [4.69, 9.17) is 0 Å². The molecule has 0 aromatic carbocycles. The van der Waals surface area contributed by atoms with Gasteiger partial charge in [0.05, 0.1) is 18.1 Å². The summed E-state index contributed by atoms with van der Waals surface area (Å²) in [6.07, 6.45) is 2.92. The SMILES string of the molecule is CCNC(=NCc1ncc(CC)s1)NCCN1CCS(=O)(=O)CC1.I. The molecule has 0 atom stereocenters. The van der Waals surface area contributed by atoms with Crippen LogP contribution in [0.1, 0.15) is 23.7 Å². The zero-order valence-corrected chi connectivity index (χ0v) is 18.8. The Balaban J connectivity index is 0.00000312. The van der Waals surface area contributed by atoms with E-state index in [1.54, 1.807) is 11.3 Å². The molecule has 1 aliphatic heterocycles. The highest BCUT2D eigenvalue weighted by molar-refractivity contribution is 14.0. The van der Waals surface area contributed by atoms with Gasteiger partial charge in [-0.3, -0.25) is 4.90 Å². The normalized spacial score (nSPS) is 17.8. The minimum atomic E-state index is -2.81. The number of nitrogens with zero attached hydrogens (tertiary/aromatic N) is 3. The van der Waals surface area contributed by atoms with E-state index in [-0.39, 0.29) is 35.5 Å². The van der Waals surface area contributed by atoms with Crippen molar-refractivity contribution in [2.75, 3.05) is 44.2 Å². The number of nitrogens with one attached hydrogen (secondary N) is 2. The quantitative estimate of drug-likeness (QED) is 0.331. The molecule has 7 nitrogen and oxygen atoms in total. The summed E-state index contributed by atoms with van der Waals surface area (Å²) in [6.45, 7) is 8.32. The first-order chi connectivity index (χ1) is 11.5. The number of thiazole rings is 1. The van der Waals surface area contributed by atoms with Crippen LogP contribution in [-0.4, -0.2) is 68.5 Å². The molecule has 0 bridgehead atoms. The lowest BCUT2D eigenvalue weighted by Crippen LogP contribution is -2.45. The van der Waals surface area contributed by atoms with Gasteiger partial charge < -0.3 is 10.6 Å². The monoisotopic (exact) mass is 501 g/mol. The van der Waals surface area contributed by atoms with Crippen molar-refractivity contribution in [3.8, 4) is 0 Å². The fraction of sp³-hybridized carbons (Fsp3) is 0.733. The maximum atomic E-state index is 11.4. The number of rotatable bonds is 7. The molecule has 1 aliphatic rings. The Bertz CT molecular complexity index is 634. The Hall–Kier alpha value is -0.460. The third-order valence-electron chi connectivity index (χ3n) is 3.82. The molecule has 0 radical (unpaired) electrons. The summed E-state index contributed by atoms with van der Waals surface area (Å²) in [4.78, 5) is 12.4. The molecule has 0 spiro atoms. The number of hydrogen-bond acceptors (Lipinski definition) is 6. The van der Waals surface area contributed by atoms with Gasteiger partial charge in [-0.25, -0.2) is 18.4 Å². The topological polar surface area (TPSA) is 86.7 Å². The van der Waals surface area contributed by atoms with Crippen molar-refractivity contribution >= 4 is 51.1 Å². The molecule has 144 valence electrons. The molecule has 2 N–H and O–H groups in total. The standard InChI is InChI=1S/C15H27N5O2S2.HI/c1-3-13-11-18-14(23-13)12-19-15(16-4-2)17-5-6-20-7-9-24(21,22)10-8-20;/h11H,3-10,12H2,1-2H3,(H2,16,17,19);1H. The molecule has 2 heterocycles. The molecule has 1 aromatic rings. The van der Waals surface area contributed by atoms with Gasteiger partial charge in [0.1, 0.15) is 5.01 Å². The zero-order valence-electron chi connectivity index (χ0n) is 14.8. The summed E-state index contributed by atoms with van der Waals surface area (Å²) in [7, 11) is -2.81. The molecule has 25 heavy (non-hydrogen) atoms. The van der Waals surface area contributed by atoms with E-state index in [0.717, 1.165) is 37.0 Å². The van der Waals surface area contributed by atoms with Crippen LogP contribution in [-0.2, 0) is 22.8 Å². The van der Waals surface area contributed by atoms with Crippen LogP contribution in [0.2, 0.25) is 0 Å². The first-order valence-corrected chi connectivity index (χ1v) is 11.0. The Labute approximate surface area is 171 Å². The second-order valence-corrected chi connectivity index (χ2v) is 9.19. The molecule has 10 heteroatoms. The van der Waals surface area contributed by atoms with E-state index < -0.39 is 9.84 Å². The van der Waals surface area contributed by atoms with Crippen molar-refractivity contribution in [3.05, 3.63) is 16.1 Å². The number of sulfone groups is 1. The fourth-order valence-corrected chi connectivity index (χ4v) is 4.44. The smallest absolute Gasteiger partial charge is 0.191 e. The van der Waals surface area contributed by atoms with E-state index in [9.17, 15) is 8.42 Å². The minimum absolute atomic E-state index is 0. The van der Waals surface area contributed by atoms with Crippen molar-refractivity contribution in [2.45, 2.75) is 26.8 Å². The van der Waals surface area contributed by atoms with Crippen LogP contribution >= 0.6 is 35.3 Å². The highest BCUT2D eigenvalue weighted by atomic mass is 127. The molecule has 1 aromatic heterocycles. The largest absolute Gasteiger partial charge is 0.357 e.